The minimum Gasteiger partial charge on any atom is -0.393 e. The Morgan fingerprint density at radius 3 is 2.67 bits per heavy atom. The molecule has 1 unspecified atom stereocenters. The van der Waals surface area contributed by atoms with Crippen LogP contribution in [0.1, 0.15) is 43.2 Å². The first-order valence-electron chi connectivity index (χ1n) is 9.18. The average molecular weight is 331 g/mol. The first kappa shape index (κ1) is 17.4. The zero-order valence-corrected chi connectivity index (χ0v) is 14.3. The van der Waals surface area contributed by atoms with Gasteiger partial charge in [0, 0.05) is 38.6 Å². The third-order valence-corrected chi connectivity index (χ3v) is 5.14. The van der Waals surface area contributed by atoms with E-state index in [1.165, 1.54) is 17.5 Å². The molecule has 1 aromatic carbocycles. The number of carbonyl (C=O) groups excluding carboxylic acids is 1. The van der Waals surface area contributed by atoms with Crippen LogP contribution in [0.2, 0.25) is 0 Å². The SMILES string of the molecule is O=C(CC1CCCN1)NCc1ccccc1CN1CCC(O)CC1. The van der Waals surface area contributed by atoms with Crippen molar-refractivity contribution in [1.82, 2.24) is 15.5 Å². The van der Waals surface area contributed by atoms with Gasteiger partial charge in [-0.2, -0.15) is 0 Å². The van der Waals surface area contributed by atoms with E-state index in [2.05, 4.69) is 33.7 Å². The Kier molecular flexibility index (Phi) is 6.24. The molecule has 0 aliphatic carbocycles. The Morgan fingerprint density at radius 1 is 1.21 bits per heavy atom. The van der Waals surface area contributed by atoms with Crippen LogP contribution in [0.5, 0.6) is 0 Å². The molecule has 5 heteroatoms. The number of hydrogen-bond donors (Lipinski definition) is 3. The van der Waals surface area contributed by atoms with Crippen LogP contribution in [-0.4, -0.2) is 47.7 Å². The van der Waals surface area contributed by atoms with Gasteiger partial charge in [-0.05, 0) is 43.4 Å². The minimum absolute atomic E-state index is 0.130. The molecule has 2 aliphatic rings. The fraction of sp³-hybridized carbons (Fsp3) is 0.632. The van der Waals surface area contributed by atoms with Crippen molar-refractivity contribution in [3.8, 4) is 0 Å². The van der Waals surface area contributed by atoms with Crippen molar-refractivity contribution in [3.05, 3.63) is 35.4 Å². The van der Waals surface area contributed by atoms with Crippen LogP contribution in [0.4, 0.5) is 0 Å². The molecule has 5 nitrogen and oxygen atoms in total. The summed E-state index contributed by atoms with van der Waals surface area (Å²) in [6.45, 7) is 4.40. The molecule has 24 heavy (non-hydrogen) atoms. The zero-order valence-electron chi connectivity index (χ0n) is 14.3. The van der Waals surface area contributed by atoms with Crippen LogP contribution in [0.15, 0.2) is 24.3 Å². The number of hydrogen-bond acceptors (Lipinski definition) is 4. The van der Waals surface area contributed by atoms with Crippen molar-refractivity contribution in [2.24, 2.45) is 0 Å². The van der Waals surface area contributed by atoms with Crippen molar-refractivity contribution in [3.63, 3.8) is 0 Å². The molecular weight excluding hydrogens is 302 g/mol. The lowest BCUT2D eigenvalue weighted by molar-refractivity contribution is -0.121. The highest BCUT2D eigenvalue weighted by Gasteiger charge is 2.19. The number of rotatable bonds is 6. The van der Waals surface area contributed by atoms with Gasteiger partial charge in [0.25, 0.3) is 0 Å². The Bertz CT molecular complexity index is 535. The molecule has 1 aromatic rings. The van der Waals surface area contributed by atoms with E-state index in [9.17, 15) is 9.90 Å². The summed E-state index contributed by atoms with van der Waals surface area (Å²) < 4.78 is 0. The van der Waals surface area contributed by atoms with Gasteiger partial charge in [-0.1, -0.05) is 24.3 Å². The Balaban J connectivity index is 1.50. The predicted molar refractivity (Wildman–Crippen MR) is 94.4 cm³/mol. The molecule has 2 saturated heterocycles. The van der Waals surface area contributed by atoms with E-state index in [0.29, 0.717) is 19.0 Å². The summed E-state index contributed by atoms with van der Waals surface area (Å²) in [5.74, 6) is 0.130. The molecule has 0 bridgehead atoms. The van der Waals surface area contributed by atoms with Crippen LogP contribution in [-0.2, 0) is 17.9 Å². The molecule has 1 atom stereocenters. The standard InChI is InChI=1S/C19H29N3O2/c23-18-7-10-22(11-8-18)14-16-5-2-1-4-15(16)13-21-19(24)12-17-6-3-9-20-17/h1-2,4-5,17-18,20,23H,3,6-14H2,(H,21,24). The lowest BCUT2D eigenvalue weighted by Crippen LogP contribution is -2.36. The van der Waals surface area contributed by atoms with Gasteiger partial charge in [-0.15, -0.1) is 0 Å². The van der Waals surface area contributed by atoms with Gasteiger partial charge in [0.05, 0.1) is 6.10 Å². The van der Waals surface area contributed by atoms with Gasteiger partial charge in [-0.3, -0.25) is 9.69 Å². The van der Waals surface area contributed by atoms with E-state index in [0.717, 1.165) is 45.4 Å². The fourth-order valence-electron chi connectivity index (χ4n) is 3.62. The maximum absolute atomic E-state index is 12.1. The second kappa shape index (κ2) is 8.60. The van der Waals surface area contributed by atoms with E-state index >= 15 is 0 Å². The largest absolute Gasteiger partial charge is 0.393 e. The lowest BCUT2D eigenvalue weighted by atomic mass is 10.0. The molecule has 2 fully saturated rings. The van der Waals surface area contributed by atoms with Crippen LogP contribution in [0.25, 0.3) is 0 Å². The lowest BCUT2D eigenvalue weighted by Gasteiger charge is -2.30. The summed E-state index contributed by atoms with van der Waals surface area (Å²) in [6.07, 6.45) is 4.42. The second-order valence-electron chi connectivity index (χ2n) is 7.05. The first-order valence-corrected chi connectivity index (χ1v) is 9.18. The number of benzene rings is 1. The quantitative estimate of drug-likeness (QED) is 0.737. The summed E-state index contributed by atoms with van der Waals surface area (Å²) in [5, 5.41) is 16.1. The highest BCUT2D eigenvalue weighted by molar-refractivity contribution is 5.76. The van der Waals surface area contributed by atoms with E-state index in [4.69, 9.17) is 0 Å². The topological polar surface area (TPSA) is 64.6 Å². The third kappa shape index (κ3) is 5.03. The minimum atomic E-state index is -0.139. The van der Waals surface area contributed by atoms with E-state index < -0.39 is 0 Å². The molecule has 3 rings (SSSR count). The van der Waals surface area contributed by atoms with E-state index in [1.807, 2.05) is 6.07 Å². The van der Waals surface area contributed by atoms with Gasteiger partial charge in [0.2, 0.25) is 5.91 Å². The maximum Gasteiger partial charge on any atom is 0.221 e. The highest BCUT2D eigenvalue weighted by atomic mass is 16.3. The van der Waals surface area contributed by atoms with Crippen LogP contribution in [0, 0.1) is 0 Å². The zero-order chi connectivity index (χ0) is 16.8. The molecule has 132 valence electrons. The van der Waals surface area contributed by atoms with Crippen LogP contribution < -0.4 is 10.6 Å². The molecule has 0 saturated carbocycles. The molecular formula is C19H29N3O2. The molecule has 0 radical (unpaired) electrons. The number of aliphatic hydroxyl groups excluding tert-OH is 1. The van der Waals surface area contributed by atoms with Crippen molar-refractivity contribution in [2.45, 2.75) is 57.3 Å². The molecule has 2 heterocycles. The molecule has 0 spiro atoms. The Morgan fingerprint density at radius 2 is 1.96 bits per heavy atom. The van der Waals surface area contributed by atoms with Crippen LogP contribution in [0.3, 0.4) is 0 Å². The van der Waals surface area contributed by atoms with E-state index in [1.54, 1.807) is 0 Å². The van der Waals surface area contributed by atoms with Crippen LogP contribution >= 0.6 is 0 Å². The van der Waals surface area contributed by atoms with Gasteiger partial charge < -0.3 is 15.7 Å². The van der Waals surface area contributed by atoms with Crippen molar-refractivity contribution in [1.29, 1.82) is 0 Å². The van der Waals surface area contributed by atoms with Gasteiger partial charge >= 0.3 is 0 Å². The number of aliphatic hydroxyl groups is 1. The van der Waals surface area contributed by atoms with Crippen molar-refractivity contribution >= 4 is 5.91 Å². The van der Waals surface area contributed by atoms with Gasteiger partial charge in [0.1, 0.15) is 0 Å². The highest BCUT2D eigenvalue weighted by Crippen LogP contribution is 2.17. The maximum atomic E-state index is 12.1. The third-order valence-electron chi connectivity index (χ3n) is 5.14. The molecule has 1 amide bonds. The van der Waals surface area contributed by atoms with Gasteiger partial charge in [0.15, 0.2) is 0 Å². The summed E-state index contributed by atoms with van der Waals surface area (Å²) in [5.41, 5.74) is 2.46. The molecule has 3 N–H and O–H groups in total. The molecule has 0 aromatic heterocycles. The summed E-state index contributed by atoms with van der Waals surface area (Å²) in [7, 11) is 0. The number of piperidine rings is 1. The normalized spacial score (nSPS) is 22.6. The van der Waals surface area contributed by atoms with Gasteiger partial charge in [-0.25, -0.2) is 0 Å². The summed E-state index contributed by atoms with van der Waals surface area (Å²) in [4.78, 5) is 14.5. The molecule has 2 aliphatic heterocycles. The fourth-order valence-corrected chi connectivity index (χ4v) is 3.62. The number of nitrogens with one attached hydrogen (secondary N) is 2. The van der Waals surface area contributed by atoms with E-state index in [-0.39, 0.29) is 12.0 Å². The number of nitrogens with zero attached hydrogens (tertiary/aromatic N) is 1. The average Bonchev–Trinajstić information content (AvgIpc) is 3.09. The van der Waals surface area contributed by atoms with Crippen molar-refractivity contribution < 1.29 is 9.90 Å². The van der Waals surface area contributed by atoms with Crippen molar-refractivity contribution in [2.75, 3.05) is 19.6 Å². The number of amides is 1. The Hall–Kier alpha value is -1.43. The summed E-state index contributed by atoms with van der Waals surface area (Å²) >= 11 is 0. The monoisotopic (exact) mass is 331 g/mol. The second-order valence-corrected chi connectivity index (χ2v) is 7.05. The first-order chi connectivity index (χ1) is 11.7. The summed E-state index contributed by atoms with van der Waals surface area (Å²) in [6, 6.07) is 8.68. The smallest absolute Gasteiger partial charge is 0.221 e. The Labute approximate surface area is 144 Å². The number of likely N-dealkylation sites (tertiary alicyclic amines) is 1. The number of carbonyl (C=O) groups is 1. The predicted octanol–water partition coefficient (Wildman–Crippen LogP) is 1.40.